The highest BCUT2D eigenvalue weighted by molar-refractivity contribution is 7.15. The van der Waals surface area contributed by atoms with Gasteiger partial charge in [0.05, 0.1) is 29.3 Å². The third-order valence-electron chi connectivity index (χ3n) is 7.06. The molecule has 0 unspecified atom stereocenters. The molecule has 4 rings (SSSR count). The number of hydrogen-bond donors (Lipinski definition) is 2. The summed E-state index contributed by atoms with van der Waals surface area (Å²) in [6, 6.07) is 5.50. The van der Waals surface area contributed by atoms with Gasteiger partial charge in [0.2, 0.25) is 0 Å². The molecule has 3 aromatic heterocycles. The Kier molecular flexibility index (Phi) is 8.54. The molecule has 0 aromatic carbocycles. The number of halogens is 1. The normalized spacial score (nSPS) is 19.3. The number of aromatic nitrogens is 3. The van der Waals surface area contributed by atoms with Gasteiger partial charge >= 0.3 is 5.97 Å². The molecular weight excluding hydrogens is 491 g/mol. The van der Waals surface area contributed by atoms with E-state index in [1.165, 1.54) is 17.5 Å². The van der Waals surface area contributed by atoms with Gasteiger partial charge in [-0.2, -0.15) is 0 Å². The number of ether oxygens (including phenoxy) is 1. The fourth-order valence-electron chi connectivity index (χ4n) is 4.72. The molecule has 0 radical (unpaired) electrons. The van der Waals surface area contributed by atoms with Crippen molar-refractivity contribution in [1.29, 1.82) is 0 Å². The summed E-state index contributed by atoms with van der Waals surface area (Å²) < 4.78 is 19.0. The first-order valence-corrected chi connectivity index (χ1v) is 13.7. The zero-order valence-electron chi connectivity index (χ0n) is 21.9. The molecule has 7 nitrogen and oxygen atoms in total. The summed E-state index contributed by atoms with van der Waals surface area (Å²) in [7, 11) is 0. The van der Waals surface area contributed by atoms with Crippen LogP contribution in [0.1, 0.15) is 68.5 Å². The Labute approximate surface area is 221 Å². The largest absolute Gasteiger partial charge is 0.465 e. The summed E-state index contributed by atoms with van der Waals surface area (Å²) in [5.74, 6) is 0.580. The van der Waals surface area contributed by atoms with Crippen molar-refractivity contribution in [2.75, 3.05) is 11.9 Å². The Morgan fingerprint density at radius 2 is 1.92 bits per heavy atom. The molecule has 1 fully saturated rings. The number of aliphatic hydroxyl groups is 1. The zero-order chi connectivity index (χ0) is 26.6. The van der Waals surface area contributed by atoms with E-state index in [9.17, 15) is 14.3 Å². The van der Waals surface area contributed by atoms with Crippen LogP contribution >= 0.6 is 11.3 Å². The smallest absolute Gasteiger partial charge is 0.308 e. The standard InChI is InChI=1S/C28H35FN4O3S/c1-5-6-11-36-26(34)19-7-9-20(10-8-19)28(4,35)27-31-16-23(37-27)22-12-17(2)13-25(32-22)33-24-14-18(3)21(29)15-30-24/h12-16,19-20,35H,5-11H2,1-4H3,(H,30,32,33)/t19-,20-,28-/m1/s1. The van der Waals surface area contributed by atoms with Crippen LogP contribution < -0.4 is 5.32 Å². The molecule has 1 aliphatic carbocycles. The van der Waals surface area contributed by atoms with Crippen molar-refractivity contribution < 1.29 is 19.0 Å². The SMILES string of the molecule is CCCCOC(=O)[C@H]1CC[C@H]([C@@](C)(O)c2ncc(-c3cc(C)cc(Nc4cc(C)c(F)cn4)n3)s2)CC1. The van der Waals surface area contributed by atoms with Gasteiger partial charge in [-0.05, 0) is 88.1 Å². The summed E-state index contributed by atoms with van der Waals surface area (Å²) in [6.45, 7) is 8.04. The quantitative estimate of drug-likeness (QED) is 0.244. The van der Waals surface area contributed by atoms with Gasteiger partial charge < -0.3 is 15.2 Å². The van der Waals surface area contributed by atoms with Crippen molar-refractivity contribution in [3.63, 3.8) is 0 Å². The third-order valence-corrected chi connectivity index (χ3v) is 8.31. The molecule has 1 saturated carbocycles. The summed E-state index contributed by atoms with van der Waals surface area (Å²) in [5, 5.41) is 15.3. The van der Waals surface area contributed by atoms with E-state index in [0.29, 0.717) is 28.8 Å². The van der Waals surface area contributed by atoms with Gasteiger partial charge in [0.15, 0.2) is 0 Å². The van der Waals surface area contributed by atoms with Gasteiger partial charge in [0.25, 0.3) is 0 Å². The predicted molar refractivity (Wildman–Crippen MR) is 143 cm³/mol. The average Bonchev–Trinajstić information content (AvgIpc) is 3.38. The highest BCUT2D eigenvalue weighted by Crippen LogP contribution is 2.43. The molecule has 0 amide bonds. The van der Waals surface area contributed by atoms with E-state index in [0.717, 1.165) is 54.7 Å². The van der Waals surface area contributed by atoms with Gasteiger partial charge in [0, 0.05) is 6.20 Å². The van der Waals surface area contributed by atoms with Crippen molar-refractivity contribution in [3.8, 4) is 10.6 Å². The number of anilines is 2. The maximum Gasteiger partial charge on any atom is 0.308 e. The van der Waals surface area contributed by atoms with Gasteiger partial charge in [-0.25, -0.2) is 19.3 Å². The second kappa shape index (κ2) is 11.6. The maximum absolute atomic E-state index is 13.6. The molecule has 0 spiro atoms. The van der Waals surface area contributed by atoms with Crippen LogP contribution in [0.4, 0.5) is 16.0 Å². The average molecular weight is 527 g/mol. The molecule has 3 aromatic rings. The number of pyridine rings is 2. The fraction of sp³-hybridized carbons (Fsp3) is 0.500. The van der Waals surface area contributed by atoms with Gasteiger partial charge in [-0.15, -0.1) is 11.3 Å². The van der Waals surface area contributed by atoms with Crippen LogP contribution in [0.2, 0.25) is 0 Å². The molecule has 2 N–H and O–H groups in total. The Balaban J connectivity index is 1.44. The number of carbonyl (C=O) groups excluding carboxylic acids is 1. The molecule has 9 heteroatoms. The lowest BCUT2D eigenvalue weighted by atomic mass is 9.74. The predicted octanol–water partition coefficient (Wildman–Crippen LogP) is 6.46. The van der Waals surface area contributed by atoms with Crippen LogP contribution in [0.3, 0.4) is 0 Å². The van der Waals surface area contributed by atoms with E-state index in [1.54, 1.807) is 19.2 Å². The molecular formula is C28H35FN4O3S. The number of carbonyl (C=O) groups is 1. The minimum Gasteiger partial charge on any atom is -0.465 e. The Hall–Kier alpha value is -2.91. The zero-order valence-corrected chi connectivity index (χ0v) is 22.7. The van der Waals surface area contributed by atoms with Crippen LogP contribution in [-0.2, 0) is 15.1 Å². The molecule has 0 aliphatic heterocycles. The highest BCUT2D eigenvalue weighted by Gasteiger charge is 2.40. The van der Waals surface area contributed by atoms with Crippen LogP contribution in [-0.4, -0.2) is 32.6 Å². The highest BCUT2D eigenvalue weighted by atomic mass is 32.1. The number of nitrogens with one attached hydrogen (secondary N) is 1. The summed E-state index contributed by atoms with van der Waals surface area (Å²) in [6.07, 6.45) is 7.75. The summed E-state index contributed by atoms with van der Waals surface area (Å²) >= 11 is 1.43. The lowest BCUT2D eigenvalue weighted by molar-refractivity contribution is -0.151. The van der Waals surface area contributed by atoms with Crippen molar-refractivity contribution in [1.82, 2.24) is 15.0 Å². The second-order valence-electron chi connectivity index (χ2n) is 10.1. The number of hydrogen-bond acceptors (Lipinski definition) is 8. The molecule has 3 heterocycles. The number of esters is 1. The molecule has 37 heavy (non-hydrogen) atoms. The van der Waals surface area contributed by atoms with Crippen molar-refractivity contribution in [2.45, 2.75) is 71.8 Å². The first-order chi connectivity index (χ1) is 17.7. The van der Waals surface area contributed by atoms with E-state index in [2.05, 4.69) is 22.2 Å². The lowest BCUT2D eigenvalue weighted by Gasteiger charge is -2.36. The van der Waals surface area contributed by atoms with Crippen LogP contribution in [0.5, 0.6) is 0 Å². The molecule has 0 saturated heterocycles. The number of rotatable bonds is 9. The van der Waals surface area contributed by atoms with Crippen molar-refractivity contribution in [2.24, 2.45) is 11.8 Å². The van der Waals surface area contributed by atoms with E-state index >= 15 is 0 Å². The number of unbranched alkanes of at least 4 members (excludes halogenated alkanes) is 1. The molecule has 198 valence electrons. The molecule has 1 aliphatic rings. The molecule has 0 bridgehead atoms. The Morgan fingerprint density at radius 3 is 2.62 bits per heavy atom. The minimum atomic E-state index is -1.10. The van der Waals surface area contributed by atoms with Crippen molar-refractivity contribution >= 4 is 28.9 Å². The third kappa shape index (κ3) is 6.51. The van der Waals surface area contributed by atoms with Gasteiger partial charge in [0.1, 0.15) is 28.1 Å². The maximum atomic E-state index is 13.6. The van der Waals surface area contributed by atoms with Gasteiger partial charge in [-0.3, -0.25) is 4.79 Å². The van der Waals surface area contributed by atoms with E-state index in [1.807, 2.05) is 26.0 Å². The van der Waals surface area contributed by atoms with Crippen LogP contribution in [0, 0.1) is 31.5 Å². The number of nitrogens with zero attached hydrogens (tertiary/aromatic N) is 3. The van der Waals surface area contributed by atoms with E-state index in [-0.39, 0.29) is 23.6 Å². The summed E-state index contributed by atoms with van der Waals surface area (Å²) in [4.78, 5) is 26.6. The number of thiazole rings is 1. The minimum absolute atomic E-state index is 0.0154. The van der Waals surface area contributed by atoms with Crippen LogP contribution in [0.15, 0.2) is 30.6 Å². The Morgan fingerprint density at radius 1 is 1.16 bits per heavy atom. The van der Waals surface area contributed by atoms with Crippen molar-refractivity contribution in [3.05, 3.63) is 52.5 Å². The van der Waals surface area contributed by atoms with Crippen LogP contribution in [0.25, 0.3) is 10.6 Å². The van der Waals surface area contributed by atoms with E-state index in [4.69, 9.17) is 9.72 Å². The summed E-state index contributed by atoms with van der Waals surface area (Å²) in [5.41, 5.74) is 1.14. The van der Waals surface area contributed by atoms with E-state index < -0.39 is 5.60 Å². The lowest BCUT2D eigenvalue weighted by Crippen LogP contribution is -2.36. The second-order valence-corrected chi connectivity index (χ2v) is 11.1. The fourth-order valence-corrected chi connectivity index (χ4v) is 5.73. The molecule has 1 atom stereocenters. The first kappa shape index (κ1) is 27.1. The first-order valence-electron chi connectivity index (χ1n) is 12.9. The Bertz CT molecular complexity index is 1240. The number of aryl methyl sites for hydroxylation is 2. The van der Waals surface area contributed by atoms with Gasteiger partial charge in [-0.1, -0.05) is 13.3 Å². The monoisotopic (exact) mass is 526 g/mol. The topological polar surface area (TPSA) is 97.2 Å².